The third-order valence-corrected chi connectivity index (χ3v) is 2.54. The van der Waals surface area contributed by atoms with Crippen molar-refractivity contribution in [2.75, 3.05) is 7.11 Å². The minimum atomic E-state index is -0.528. The number of aryl methyl sites for hydroxylation is 1. The van der Waals surface area contributed by atoms with E-state index in [1.54, 1.807) is 6.92 Å². The van der Waals surface area contributed by atoms with Crippen LogP contribution in [0.3, 0.4) is 0 Å². The van der Waals surface area contributed by atoms with E-state index in [0.29, 0.717) is 10.0 Å². The van der Waals surface area contributed by atoms with Gasteiger partial charge in [-0.2, -0.15) is 0 Å². The van der Waals surface area contributed by atoms with Crippen LogP contribution in [-0.2, 0) is 4.74 Å². The molecule has 0 aliphatic rings. The van der Waals surface area contributed by atoms with Crippen LogP contribution in [0.5, 0.6) is 0 Å². The van der Waals surface area contributed by atoms with E-state index in [9.17, 15) is 14.9 Å². The second-order valence-corrected chi connectivity index (χ2v) is 3.72. The van der Waals surface area contributed by atoms with Crippen LogP contribution < -0.4 is 0 Å². The van der Waals surface area contributed by atoms with E-state index in [2.05, 4.69) is 20.7 Å². The number of methoxy groups -OCH3 is 1. The van der Waals surface area contributed by atoms with Crippen molar-refractivity contribution in [3.05, 3.63) is 37.8 Å². The Morgan fingerprint density at radius 3 is 2.60 bits per heavy atom. The first-order valence-electron chi connectivity index (χ1n) is 4.00. The van der Waals surface area contributed by atoms with Crippen molar-refractivity contribution in [1.82, 2.24) is 0 Å². The normalized spacial score (nSPS) is 9.80. The van der Waals surface area contributed by atoms with Crippen molar-refractivity contribution in [2.45, 2.75) is 6.92 Å². The lowest BCUT2D eigenvalue weighted by atomic mass is 10.1. The molecule has 6 heteroatoms. The van der Waals surface area contributed by atoms with Crippen molar-refractivity contribution in [2.24, 2.45) is 0 Å². The molecule has 1 aromatic carbocycles. The Kier molecular flexibility index (Phi) is 3.41. The number of nitrogens with zero attached hydrogens (tertiary/aromatic N) is 1. The molecule has 0 saturated heterocycles. The number of carbonyl (C=O) groups is 1. The molecule has 0 unspecified atom stereocenters. The van der Waals surface area contributed by atoms with E-state index in [0.717, 1.165) is 0 Å². The van der Waals surface area contributed by atoms with Gasteiger partial charge in [-0.1, -0.05) is 0 Å². The topological polar surface area (TPSA) is 69.4 Å². The Labute approximate surface area is 94.3 Å². The highest BCUT2D eigenvalue weighted by Crippen LogP contribution is 2.27. The van der Waals surface area contributed by atoms with Gasteiger partial charge < -0.3 is 4.74 Å². The number of carbonyl (C=O) groups excluding carboxylic acids is 1. The molecule has 15 heavy (non-hydrogen) atoms. The smallest absolute Gasteiger partial charge is 0.339 e. The predicted molar refractivity (Wildman–Crippen MR) is 56.9 cm³/mol. The summed E-state index contributed by atoms with van der Waals surface area (Å²) in [6.45, 7) is 1.57. The SMILES string of the molecule is COC(=O)c1cc(C)c([N+](=O)[O-])cc1Br. The lowest BCUT2D eigenvalue weighted by Gasteiger charge is -2.04. The van der Waals surface area contributed by atoms with Crippen molar-refractivity contribution >= 4 is 27.6 Å². The summed E-state index contributed by atoms with van der Waals surface area (Å²) in [5.41, 5.74) is 0.665. The van der Waals surface area contributed by atoms with Gasteiger partial charge in [0, 0.05) is 16.1 Å². The fraction of sp³-hybridized carbons (Fsp3) is 0.222. The van der Waals surface area contributed by atoms with Crippen molar-refractivity contribution in [1.29, 1.82) is 0 Å². The zero-order valence-electron chi connectivity index (χ0n) is 8.11. The molecule has 0 aromatic heterocycles. The van der Waals surface area contributed by atoms with Crippen LogP contribution in [0.2, 0.25) is 0 Å². The molecule has 0 radical (unpaired) electrons. The number of benzene rings is 1. The molecule has 0 atom stereocenters. The first-order valence-corrected chi connectivity index (χ1v) is 4.79. The zero-order valence-corrected chi connectivity index (χ0v) is 9.70. The molecular weight excluding hydrogens is 266 g/mol. The van der Waals surface area contributed by atoms with Crippen LogP contribution in [0, 0.1) is 17.0 Å². The number of esters is 1. The van der Waals surface area contributed by atoms with Gasteiger partial charge in [0.15, 0.2) is 0 Å². The van der Waals surface area contributed by atoms with E-state index in [1.807, 2.05) is 0 Å². The van der Waals surface area contributed by atoms with Crippen LogP contribution in [0.1, 0.15) is 15.9 Å². The van der Waals surface area contributed by atoms with Gasteiger partial charge in [0.2, 0.25) is 0 Å². The van der Waals surface area contributed by atoms with Gasteiger partial charge in [0.1, 0.15) is 0 Å². The molecule has 0 heterocycles. The molecule has 0 bridgehead atoms. The number of halogens is 1. The summed E-state index contributed by atoms with van der Waals surface area (Å²) in [5.74, 6) is -0.528. The summed E-state index contributed by atoms with van der Waals surface area (Å²) in [4.78, 5) is 21.3. The second-order valence-electron chi connectivity index (χ2n) is 2.87. The average molecular weight is 274 g/mol. The lowest BCUT2D eigenvalue weighted by molar-refractivity contribution is -0.385. The average Bonchev–Trinajstić information content (AvgIpc) is 2.19. The number of hydrogen-bond acceptors (Lipinski definition) is 4. The molecule has 0 aliphatic carbocycles. The summed E-state index contributed by atoms with van der Waals surface area (Å²) in [6.07, 6.45) is 0. The largest absolute Gasteiger partial charge is 0.465 e. The Hall–Kier alpha value is -1.43. The minimum absolute atomic E-state index is 0.0328. The van der Waals surface area contributed by atoms with Gasteiger partial charge in [-0.25, -0.2) is 4.79 Å². The highest BCUT2D eigenvalue weighted by Gasteiger charge is 2.18. The van der Waals surface area contributed by atoms with E-state index >= 15 is 0 Å². The van der Waals surface area contributed by atoms with E-state index < -0.39 is 10.9 Å². The van der Waals surface area contributed by atoms with Crippen LogP contribution in [-0.4, -0.2) is 18.0 Å². The fourth-order valence-corrected chi connectivity index (χ4v) is 1.63. The zero-order chi connectivity index (χ0) is 11.6. The van der Waals surface area contributed by atoms with Gasteiger partial charge >= 0.3 is 5.97 Å². The number of hydrogen-bond donors (Lipinski definition) is 0. The van der Waals surface area contributed by atoms with Crippen LogP contribution in [0.15, 0.2) is 16.6 Å². The molecule has 0 N–H and O–H groups in total. The summed E-state index contributed by atoms with van der Waals surface area (Å²) >= 11 is 3.09. The Morgan fingerprint density at radius 1 is 1.53 bits per heavy atom. The maximum atomic E-state index is 11.2. The number of rotatable bonds is 2. The molecule has 0 aliphatic heterocycles. The molecule has 0 saturated carbocycles. The monoisotopic (exact) mass is 273 g/mol. The van der Waals surface area contributed by atoms with Crippen molar-refractivity contribution in [3.8, 4) is 0 Å². The van der Waals surface area contributed by atoms with Gasteiger partial charge in [0.25, 0.3) is 5.69 Å². The molecule has 1 aromatic rings. The highest BCUT2D eigenvalue weighted by molar-refractivity contribution is 9.10. The molecule has 5 nitrogen and oxygen atoms in total. The molecule has 80 valence electrons. The maximum Gasteiger partial charge on any atom is 0.339 e. The number of nitro benzene ring substituents is 1. The van der Waals surface area contributed by atoms with Crippen molar-refractivity contribution in [3.63, 3.8) is 0 Å². The summed E-state index contributed by atoms with van der Waals surface area (Å²) in [7, 11) is 1.26. The van der Waals surface area contributed by atoms with Gasteiger partial charge in [-0.05, 0) is 28.9 Å². The summed E-state index contributed by atoms with van der Waals surface area (Å²) in [5, 5.41) is 10.6. The van der Waals surface area contributed by atoms with Gasteiger partial charge in [-0.15, -0.1) is 0 Å². The maximum absolute atomic E-state index is 11.2. The molecule has 0 fully saturated rings. The fourth-order valence-electron chi connectivity index (χ4n) is 1.13. The van der Waals surface area contributed by atoms with Crippen LogP contribution in [0.25, 0.3) is 0 Å². The Bertz CT molecular complexity index is 430. The molecular formula is C9H8BrNO4. The molecule has 0 amide bonds. The van der Waals surface area contributed by atoms with Crippen molar-refractivity contribution < 1.29 is 14.5 Å². The second kappa shape index (κ2) is 4.39. The predicted octanol–water partition coefficient (Wildman–Crippen LogP) is 2.45. The third-order valence-electron chi connectivity index (χ3n) is 1.89. The van der Waals surface area contributed by atoms with Crippen LogP contribution in [0.4, 0.5) is 5.69 Å². The van der Waals surface area contributed by atoms with Crippen LogP contribution >= 0.6 is 15.9 Å². The quantitative estimate of drug-likeness (QED) is 0.472. The Balaban J connectivity index is 3.31. The molecule has 0 spiro atoms. The van der Waals surface area contributed by atoms with E-state index in [-0.39, 0.29) is 11.3 Å². The molecule has 1 rings (SSSR count). The van der Waals surface area contributed by atoms with Gasteiger partial charge in [-0.3, -0.25) is 10.1 Å². The van der Waals surface area contributed by atoms with E-state index in [4.69, 9.17) is 0 Å². The van der Waals surface area contributed by atoms with Gasteiger partial charge in [0.05, 0.1) is 17.6 Å². The Morgan fingerprint density at radius 2 is 2.13 bits per heavy atom. The first kappa shape index (κ1) is 11.6. The number of ether oxygens (including phenoxy) is 1. The van der Waals surface area contributed by atoms with E-state index in [1.165, 1.54) is 19.2 Å². The standard InChI is InChI=1S/C9H8BrNO4/c1-5-3-6(9(12)15-2)7(10)4-8(5)11(13)14/h3-4H,1-2H3. The first-order chi connectivity index (χ1) is 6.97. The number of nitro groups is 1. The summed E-state index contributed by atoms with van der Waals surface area (Å²) < 4.78 is 4.89. The minimum Gasteiger partial charge on any atom is -0.465 e. The third kappa shape index (κ3) is 2.33. The highest BCUT2D eigenvalue weighted by atomic mass is 79.9. The lowest BCUT2D eigenvalue weighted by Crippen LogP contribution is -2.04. The summed E-state index contributed by atoms with van der Waals surface area (Å²) in [6, 6.07) is 2.72.